The van der Waals surface area contributed by atoms with Crippen molar-refractivity contribution in [2.75, 3.05) is 6.61 Å². The number of esters is 2. The number of benzene rings is 9. The Morgan fingerprint density at radius 1 is 0.438 bits per heavy atom. The van der Waals surface area contributed by atoms with Gasteiger partial charge >= 0.3 is 11.9 Å². The van der Waals surface area contributed by atoms with Crippen LogP contribution >= 0.6 is 0 Å². The molecule has 0 aliphatic carbocycles. The lowest BCUT2D eigenvalue weighted by Gasteiger charge is -2.47. The van der Waals surface area contributed by atoms with Gasteiger partial charge in [-0.05, 0) is 57.6 Å². The molecule has 12 heteroatoms. The normalized spacial score (nSPS) is 18.0. The van der Waals surface area contributed by atoms with Crippen LogP contribution in [0.4, 0.5) is 0 Å². The van der Waals surface area contributed by atoms with E-state index in [2.05, 4.69) is 9.55 Å². The van der Waals surface area contributed by atoms with Gasteiger partial charge in [0.05, 0.1) is 66.2 Å². The van der Waals surface area contributed by atoms with Crippen molar-refractivity contribution >= 4 is 55.6 Å². The number of fused-ring (bicyclic) bond motifs is 10. The largest absolute Gasteiger partial charge is 0.489 e. The smallest absolute Gasteiger partial charge is 0.347 e. The molecule has 0 bridgehead atoms. The molecule has 1 saturated heterocycles. The number of ether oxygens (including phenoxy) is 8. The minimum absolute atomic E-state index is 0.105. The second-order valence-corrected chi connectivity index (χ2v) is 20.2. The van der Waals surface area contributed by atoms with Crippen molar-refractivity contribution in [3.63, 3.8) is 0 Å². The van der Waals surface area contributed by atoms with E-state index in [9.17, 15) is 9.59 Å². The summed E-state index contributed by atoms with van der Waals surface area (Å²) in [6, 6.07) is 71.5. The second kappa shape index (κ2) is 22.8. The summed E-state index contributed by atoms with van der Waals surface area (Å²) in [4.78, 5) is 32.5. The van der Waals surface area contributed by atoms with Crippen LogP contribution in [0.3, 0.4) is 0 Å². The van der Waals surface area contributed by atoms with E-state index in [0.29, 0.717) is 74.9 Å². The Labute approximate surface area is 461 Å². The maximum Gasteiger partial charge on any atom is 0.347 e. The summed E-state index contributed by atoms with van der Waals surface area (Å²) < 4.78 is 56.7. The van der Waals surface area contributed by atoms with E-state index in [1.165, 1.54) is 0 Å². The van der Waals surface area contributed by atoms with E-state index in [0.717, 1.165) is 33.4 Å². The maximum absolute atomic E-state index is 14.5. The van der Waals surface area contributed by atoms with Crippen LogP contribution in [0, 0.1) is 0 Å². The Bertz CT molecular complexity index is 3950. The lowest BCUT2D eigenvalue weighted by Crippen LogP contribution is -2.59. The number of hydrogen-bond donors (Lipinski definition) is 1. The predicted molar refractivity (Wildman–Crippen MR) is 305 cm³/mol. The van der Waals surface area contributed by atoms with Crippen LogP contribution in [-0.2, 0) is 68.1 Å². The quantitative estimate of drug-likeness (QED) is 0.0582. The van der Waals surface area contributed by atoms with E-state index >= 15 is 0 Å². The lowest BCUT2D eigenvalue weighted by molar-refractivity contribution is -0.288. The van der Waals surface area contributed by atoms with Gasteiger partial charge in [-0.3, -0.25) is 0 Å². The van der Waals surface area contributed by atoms with Gasteiger partial charge in [-0.1, -0.05) is 182 Å². The van der Waals surface area contributed by atoms with Crippen molar-refractivity contribution in [2.45, 2.75) is 70.3 Å². The Balaban J connectivity index is 1.04. The van der Waals surface area contributed by atoms with E-state index in [1.54, 1.807) is 0 Å². The van der Waals surface area contributed by atoms with Crippen LogP contribution in [0.5, 0.6) is 11.5 Å². The van der Waals surface area contributed by atoms with Gasteiger partial charge in [0.15, 0.2) is 6.23 Å². The number of aromatic amines is 1. The molecule has 0 unspecified atom stereocenters. The molecule has 80 heavy (non-hydrogen) atoms. The second-order valence-electron chi connectivity index (χ2n) is 20.2. The summed E-state index contributed by atoms with van der Waals surface area (Å²) in [5.41, 5.74) is 8.69. The van der Waals surface area contributed by atoms with E-state index < -0.39 is 42.6 Å². The van der Waals surface area contributed by atoms with Crippen molar-refractivity contribution < 1.29 is 47.5 Å². The first-order valence-corrected chi connectivity index (χ1v) is 26.9. The third-order valence-corrected chi connectivity index (χ3v) is 14.9. The third-order valence-electron chi connectivity index (χ3n) is 14.9. The Morgan fingerprint density at radius 2 is 0.875 bits per heavy atom. The molecule has 9 aromatic carbocycles. The number of nitrogens with zero attached hydrogens (tertiary/aromatic N) is 1. The monoisotopic (exact) mass is 1060 g/mol. The van der Waals surface area contributed by atoms with Gasteiger partial charge in [-0.2, -0.15) is 0 Å². The molecular weight excluding hydrogens is 1000 g/mol. The van der Waals surface area contributed by atoms with E-state index in [1.807, 2.05) is 218 Å². The van der Waals surface area contributed by atoms with Crippen LogP contribution in [0.25, 0.3) is 43.6 Å². The number of aromatic nitrogens is 2. The SMILES string of the molecule is O=C1OC(=O)c2c1c1c3ccc(OCc4ccccc4)cc3[nH]c1c1c2c2ccc(OCc3ccccc3)cc2n1[C@@H]1O[C@H](COCc2ccccc2)[C@@H](OCc2ccccc2)[C@H](OCc2ccccc2)[C@H]1OCc1ccccc1. The number of H-pyrrole nitrogens is 1. The lowest BCUT2D eigenvalue weighted by atomic mass is 9.95. The van der Waals surface area contributed by atoms with Gasteiger partial charge in [0.2, 0.25) is 0 Å². The molecule has 0 amide bonds. The average Bonchev–Trinajstić information content (AvgIpc) is 4.36. The minimum Gasteiger partial charge on any atom is -0.489 e. The zero-order chi connectivity index (χ0) is 53.8. The molecular formula is C68H56N2O10. The highest BCUT2D eigenvalue weighted by molar-refractivity contribution is 6.36. The van der Waals surface area contributed by atoms with Crippen LogP contribution in [0.15, 0.2) is 218 Å². The molecule has 11 aromatic rings. The van der Waals surface area contributed by atoms with Crippen molar-refractivity contribution in [3.05, 3.63) is 263 Å². The molecule has 0 saturated carbocycles. The first-order chi connectivity index (χ1) is 39.5. The number of rotatable bonds is 20. The van der Waals surface area contributed by atoms with Gasteiger partial charge in [0.25, 0.3) is 0 Å². The first-order valence-electron chi connectivity index (χ1n) is 26.9. The van der Waals surface area contributed by atoms with Gasteiger partial charge in [-0.25, -0.2) is 9.59 Å². The highest BCUT2D eigenvalue weighted by atomic mass is 16.6. The number of hydrogen-bond acceptors (Lipinski definition) is 10. The van der Waals surface area contributed by atoms with E-state index in [4.69, 9.17) is 37.9 Å². The van der Waals surface area contributed by atoms with Crippen LogP contribution in [0.2, 0.25) is 0 Å². The van der Waals surface area contributed by atoms with Crippen molar-refractivity contribution in [3.8, 4) is 11.5 Å². The molecule has 0 spiro atoms. The molecule has 4 heterocycles. The first kappa shape index (κ1) is 50.6. The fourth-order valence-electron chi connectivity index (χ4n) is 11.1. The molecule has 2 aliphatic heterocycles. The Morgan fingerprint density at radius 3 is 1.40 bits per heavy atom. The summed E-state index contributed by atoms with van der Waals surface area (Å²) in [7, 11) is 0. The summed E-state index contributed by atoms with van der Waals surface area (Å²) in [5, 5.41) is 2.40. The average molecular weight is 1060 g/mol. The van der Waals surface area contributed by atoms with Crippen molar-refractivity contribution in [1.29, 1.82) is 0 Å². The number of cyclic esters (lactones) is 2. The van der Waals surface area contributed by atoms with Gasteiger partial charge in [0, 0.05) is 33.7 Å². The Kier molecular flexibility index (Phi) is 14.4. The summed E-state index contributed by atoms with van der Waals surface area (Å²) in [5.74, 6) is -0.296. The fraction of sp³-hybridized carbons (Fsp3) is 0.176. The minimum atomic E-state index is -1.02. The van der Waals surface area contributed by atoms with Crippen LogP contribution in [0.1, 0.15) is 60.3 Å². The third kappa shape index (κ3) is 10.3. The molecule has 5 atom stereocenters. The topological polar surface area (TPSA) is 129 Å². The summed E-state index contributed by atoms with van der Waals surface area (Å²) in [6.07, 6.45) is -4.24. The highest BCUT2D eigenvalue weighted by Crippen LogP contribution is 2.49. The number of nitrogens with one attached hydrogen (secondary N) is 1. The highest BCUT2D eigenvalue weighted by Gasteiger charge is 2.51. The Hall–Kier alpha value is -8.88. The van der Waals surface area contributed by atoms with Crippen molar-refractivity contribution in [1.82, 2.24) is 9.55 Å². The van der Waals surface area contributed by atoms with E-state index in [-0.39, 0.29) is 37.6 Å². The maximum atomic E-state index is 14.5. The van der Waals surface area contributed by atoms with Crippen LogP contribution in [-0.4, -0.2) is 52.5 Å². The molecule has 2 aliphatic rings. The van der Waals surface area contributed by atoms with Gasteiger partial charge in [0.1, 0.15) is 49.1 Å². The standard InChI is InChI=1S/C68H56N2O10/c71-67-59-57-52-33-31-50(74-38-45-21-9-2-10-22-45)35-54(52)69-61(57)62-58(60(59)68(72)80-67)53-34-32-51(75-39-46-23-11-3-12-24-46)36-55(53)70(62)66-65(78-42-49-29-17-6-18-30-49)64(77-41-48-27-15-5-16-28-48)63(76-40-47-25-13-4-14-26-47)56(79-66)43-73-37-44-19-7-1-8-20-44/h1-36,56,63-66,69H,37-43H2/t56-,63-,64+,65-,66-/m1/s1. The molecule has 13 rings (SSSR count). The fourth-order valence-corrected chi connectivity index (χ4v) is 11.1. The number of carbonyl (C=O) groups excluding carboxylic acids is 2. The summed E-state index contributed by atoms with van der Waals surface area (Å²) in [6.45, 7) is 1.71. The van der Waals surface area contributed by atoms with Crippen molar-refractivity contribution in [2.24, 2.45) is 0 Å². The molecule has 2 aromatic heterocycles. The molecule has 12 nitrogen and oxygen atoms in total. The molecule has 1 N–H and O–H groups in total. The van der Waals surface area contributed by atoms with Crippen LogP contribution < -0.4 is 9.47 Å². The zero-order valence-electron chi connectivity index (χ0n) is 43.7. The summed E-state index contributed by atoms with van der Waals surface area (Å²) >= 11 is 0. The molecule has 0 radical (unpaired) electrons. The molecule has 398 valence electrons. The molecule has 1 fully saturated rings. The van der Waals surface area contributed by atoms with Gasteiger partial charge < -0.3 is 47.4 Å². The van der Waals surface area contributed by atoms with Gasteiger partial charge in [-0.15, -0.1) is 0 Å². The zero-order valence-corrected chi connectivity index (χ0v) is 43.7. The number of carbonyl (C=O) groups is 2. The predicted octanol–water partition coefficient (Wildman–Crippen LogP) is 13.8.